The summed E-state index contributed by atoms with van der Waals surface area (Å²) in [6.07, 6.45) is 3.51. The first-order valence-electron chi connectivity index (χ1n) is 5.33. The van der Waals surface area contributed by atoms with Gasteiger partial charge in [0.25, 0.3) is 0 Å². The maximum absolute atomic E-state index is 4.17. The molecule has 3 nitrogen and oxygen atoms in total. The van der Waals surface area contributed by atoms with Gasteiger partial charge in [0.05, 0.1) is 6.54 Å². The normalized spacial score (nSPS) is 10.1. The molecule has 2 aromatic rings. The molecule has 3 heteroatoms. The van der Waals surface area contributed by atoms with Gasteiger partial charge in [-0.3, -0.25) is 0 Å². The van der Waals surface area contributed by atoms with Crippen molar-refractivity contribution in [1.82, 2.24) is 9.97 Å². The van der Waals surface area contributed by atoms with Crippen LogP contribution in [0.4, 0.5) is 5.69 Å². The Labute approximate surface area is 95.6 Å². The average Bonchev–Trinajstić information content (AvgIpc) is 2.29. The Morgan fingerprint density at radius 1 is 1.12 bits per heavy atom. The van der Waals surface area contributed by atoms with E-state index in [9.17, 15) is 0 Å². The highest BCUT2D eigenvalue weighted by Crippen LogP contribution is 2.16. The Morgan fingerprint density at radius 3 is 2.56 bits per heavy atom. The largest absolute Gasteiger partial charge is 0.378 e. The average molecular weight is 213 g/mol. The molecule has 1 heterocycles. The summed E-state index contributed by atoms with van der Waals surface area (Å²) in [5, 5.41) is 3.33. The van der Waals surface area contributed by atoms with Crippen LogP contribution in [0.2, 0.25) is 0 Å². The molecule has 16 heavy (non-hydrogen) atoms. The van der Waals surface area contributed by atoms with Crippen molar-refractivity contribution in [1.29, 1.82) is 0 Å². The molecule has 0 spiro atoms. The van der Waals surface area contributed by atoms with Crippen molar-refractivity contribution >= 4 is 5.69 Å². The SMILES string of the molecule is Cc1ccc(NCc2ncccn2)c(C)c1. The lowest BCUT2D eigenvalue weighted by atomic mass is 10.1. The summed E-state index contributed by atoms with van der Waals surface area (Å²) in [6.45, 7) is 4.85. The highest BCUT2D eigenvalue weighted by Gasteiger charge is 1.99. The minimum absolute atomic E-state index is 0.657. The molecule has 2 rings (SSSR count). The maximum Gasteiger partial charge on any atom is 0.147 e. The molecule has 0 aliphatic heterocycles. The first-order chi connectivity index (χ1) is 7.75. The Morgan fingerprint density at radius 2 is 1.88 bits per heavy atom. The predicted octanol–water partition coefficient (Wildman–Crippen LogP) is 2.71. The van der Waals surface area contributed by atoms with E-state index in [-0.39, 0.29) is 0 Å². The second-order valence-electron chi connectivity index (χ2n) is 3.84. The van der Waals surface area contributed by atoms with E-state index in [4.69, 9.17) is 0 Å². The summed E-state index contributed by atoms with van der Waals surface area (Å²) in [4.78, 5) is 8.33. The minimum Gasteiger partial charge on any atom is -0.378 e. The molecule has 1 aromatic carbocycles. The lowest BCUT2D eigenvalue weighted by molar-refractivity contribution is 0.946. The maximum atomic E-state index is 4.17. The van der Waals surface area contributed by atoms with Gasteiger partial charge in [-0.2, -0.15) is 0 Å². The summed E-state index contributed by atoms with van der Waals surface area (Å²) < 4.78 is 0. The van der Waals surface area contributed by atoms with Crippen LogP contribution in [0.5, 0.6) is 0 Å². The van der Waals surface area contributed by atoms with E-state index in [1.807, 2.05) is 6.07 Å². The van der Waals surface area contributed by atoms with Crippen LogP contribution in [-0.2, 0) is 6.54 Å². The third-order valence-electron chi connectivity index (χ3n) is 2.44. The fraction of sp³-hybridized carbons (Fsp3) is 0.231. The summed E-state index contributed by atoms with van der Waals surface area (Å²) in [5.41, 5.74) is 3.66. The molecule has 82 valence electrons. The van der Waals surface area contributed by atoms with Gasteiger partial charge in [-0.25, -0.2) is 9.97 Å². The summed E-state index contributed by atoms with van der Waals surface area (Å²) in [7, 11) is 0. The Kier molecular flexibility index (Phi) is 3.15. The van der Waals surface area contributed by atoms with Gasteiger partial charge in [0.15, 0.2) is 0 Å². The molecule has 0 aliphatic carbocycles. The lowest BCUT2D eigenvalue weighted by Gasteiger charge is -2.09. The molecule has 0 aliphatic rings. The Bertz CT molecular complexity index is 466. The van der Waals surface area contributed by atoms with Crippen molar-refractivity contribution in [2.45, 2.75) is 20.4 Å². The smallest absolute Gasteiger partial charge is 0.147 e. The van der Waals surface area contributed by atoms with Gasteiger partial charge in [0.2, 0.25) is 0 Å². The standard InChI is InChI=1S/C13H15N3/c1-10-4-5-12(11(2)8-10)16-9-13-14-6-3-7-15-13/h3-8,16H,9H2,1-2H3. The quantitative estimate of drug-likeness (QED) is 0.851. The number of aromatic nitrogens is 2. The van der Waals surface area contributed by atoms with E-state index in [0.717, 1.165) is 11.5 Å². The van der Waals surface area contributed by atoms with E-state index >= 15 is 0 Å². The van der Waals surface area contributed by atoms with Crippen LogP contribution in [0.3, 0.4) is 0 Å². The molecule has 0 radical (unpaired) electrons. The zero-order valence-corrected chi connectivity index (χ0v) is 9.57. The fourth-order valence-corrected chi connectivity index (χ4v) is 1.61. The van der Waals surface area contributed by atoms with Crippen molar-refractivity contribution in [3.05, 3.63) is 53.6 Å². The van der Waals surface area contributed by atoms with E-state index in [1.54, 1.807) is 12.4 Å². The molecule has 0 unspecified atom stereocenters. The van der Waals surface area contributed by atoms with Gasteiger partial charge >= 0.3 is 0 Å². The molecule has 0 saturated heterocycles. The third-order valence-corrected chi connectivity index (χ3v) is 2.44. The van der Waals surface area contributed by atoms with Gasteiger partial charge in [0.1, 0.15) is 5.82 Å². The van der Waals surface area contributed by atoms with Gasteiger partial charge < -0.3 is 5.32 Å². The van der Waals surface area contributed by atoms with Crippen LogP contribution in [0, 0.1) is 13.8 Å². The third kappa shape index (κ3) is 2.57. The highest BCUT2D eigenvalue weighted by molar-refractivity contribution is 5.51. The lowest BCUT2D eigenvalue weighted by Crippen LogP contribution is -2.04. The van der Waals surface area contributed by atoms with Crippen molar-refractivity contribution in [3.8, 4) is 0 Å². The number of nitrogens with zero attached hydrogens (tertiary/aromatic N) is 2. The molecule has 0 saturated carbocycles. The van der Waals surface area contributed by atoms with Gasteiger partial charge in [0, 0.05) is 18.1 Å². The van der Waals surface area contributed by atoms with Crippen molar-refractivity contribution in [2.75, 3.05) is 5.32 Å². The predicted molar refractivity (Wildman–Crippen MR) is 65.3 cm³/mol. The molecule has 0 bridgehead atoms. The molecular formula is C13H15N3. The number of nitrogens with one attached hydrogen (secondary N) is 1. The van der Waals surface area contributed by atoms with Crippen LogP contribution in [-0.4, -0.2) is 9.97 Å². The number of anilines is 1. The number of aryl methyl sites for hydroxylation is 2. The van der Waals surface area contributed by atoms with Gasteiger partial charge in [-0.1, -0.05) is 17.7 Å². The minimum atomic E-state index is 0.657. The second-order valence-corrected chi connectivity index (χ2v) is 3.84. The molecule has 1 N–H and O–H groups in total. The number of rotatable bonds is 3. The Balaban J connectivity index is 2.05. The number of benzene rings is 1. The van der Waals surface area contributed by atoms with Gasteiger partial charge in [-0.15, -0.1) is 0 Å². The van der Waals surface area contributed by atoms with E-state index in [1.165, 1.54) is 11.1 Å². The molecular weight excluding hydrogens is 198 g/mol. The Hall–Kier alpha value is -1.90. The molecule has 0 amide bonds. The number of hydrogen-bond acceptors (Lipinski definition) is 3. The molecule has 0 atom stereocenters. The van der Waals surface area contributed by atoms with Crippen LogP contribution in [0.15, 0.2) is 36.7 Å². The van der Waals surface area contributed by atoms with Crippen molar-refractivity contribution < 1.29 is 0 Å². The van der Waals surface area contributed by atoms with Crippen molar-refractivity contribution in [2.24, 2.45) is 0 Å². The summed E-state index contributed by atoms with van der Waals surface area (Å²) in [5.74, 6) is 0.808. The first-order valence-corrected chi connectivity index (χ1v) is 5.33. The second kappa shape index (κ2) is 4.75. The zero-order chi connectivity index (χ0) is 11.4. The number of hydrogen-bond donors (Lipinski definition) is 1. The highest BCUT2D eigenvalue weighted by atomic mass is 15.0. The van der Waals surface area contributed by atoms with Gasteiger partial charge in [-0.05, 0) is 31.5 Å². The van der Waals surface area contributed by atoms with Crippen LogP contribution in [0.1, 0.15) is 17.0 Å². The monoisotopic (exact) mass is 213 g/mol. The molecule has 0 fully saturated rings. The zero-order valence-electron chi connectivity index (χ0n) is 9.57. The van der Waals surface area contributed by atoms with E-state index in [2.05, 4.69) is 47.3 Å². The first kappa shape index (κ1) is 10.6. The van der Waals surface area contributed by atoms with Crippen molar-refractivity contribution in [3.63, 3.8) is 0 Å². The summed E-state index contributed by atoms with van der Waals surface area (Å²) >= 11 is 0. The van der Waals surface area contributed by atoms with E-state index < -0.39 is 0 Å². The fourth-order valence-electron chi connectivity index (χ4n) is 1.61. The van der Waals surface area contributed by atoms with Crippen LogP contribution >= 0.6 is 0 Å². The van der Waals surface area contributed by atoms with Crippen LogP contribution in [0.25, 0.3) is 0 Å². The summed E-state index contributed by atoms with van der Waals surface area (Å²) in [6, 6.07) is 8.17. The van der Waals surface area contributed by atoms with E-state index in [0.29, 0.717) is 6.54 Å². The van der Waals surface area contributed by atoms with Crippen LogP contribution < -0.4 is 5.32 Å². The molecule has 1 aromatic heterocycles. The topological polar surface area (TPSA) is 37.8 Å².